The number of likely N-dealkylation sites (tertiary alicyclic amines) is 2. The van der Waals surface area contributed by atoms with Crippen LogP contribution in [0, 0.1) is 5.92 Å². The molecular formula is C16H26N4O. The van der Waals surface area contributed by atoms with Crippen LogP contribution in [0.3, 0.4) is 0 Å². The van der Waals surface area contributed by atoms with Crippen molar-refractivity contribution in [1.29, 1.82) is 0 Å². The Labute approximate surface area is 126 Å². The Morgan fingerprint density at radius 2 is 2.00 bits per heavy atom. The Morgan fingerprint density at radius 1 is 1.19 bits per heavy atom. The molecule has 5 heteroatoms. The molecule has 1 aromatic heterocycles. The normalized spacial score (nSPS) is 33.9. The van der Waals surface area contributed by atoms with E-state index < -0.39 is 0 Å². The maximum Gasteiger partial charge on any atom is 0.0534 e. The Hall–Kier alpha value is -0.910. The third kappa shape index (κ3) is 2.74. The minimum atomic E-state index is 0.757. The zero-order valence-corrected chi connectivity index (χ0v) is 12.9. The highest BCUT2D eigenvalue weighted by atomic mass is 16.5. The fourth-order valence-electron chi connectivity index (χ4n) is 4.43. The van der Waals surface area contributed by atoms with E-state index in [1.165, 1.54) is 44.5 Å². The second kappa shape index (κ2) is 5.71. The molecule has 0 bridgehead atoms. The van der Waals surface area contributed by atoms with Gasteiger partial charge in [0, 0.05) is 63.7 Å². The number of hydrogen-bond donors (Lipinski definition) is 0. The molecule has 0 aliphatic carbocycles. The second-order valence-electron chi connectivity index (χ2n) is 6.93. The van der Waals surface area contributed by atoms with Gasteiger partial charge >= 0.3 is 0 Å². The van der Waals surface area contributed by atoms with E-state index in [4.69, 9.17) is 4.74 Å². The van der Waals surface area contributed by atoms with E-state index >= 15 is 0 Å². The standard InChI is InChI=1S/C16H26N4O/c1-18-9-14(8-17-18)11-20-6-3-15-16(20)2-5-19(15)10-13-4-7-21-12-13/h8-9,13,15-16H,2-7,10-12H2,1H3/t13-,15+,16-/m0/s1. The Bertz CT molecular complexity index is 482. The summed E-state index contributed by atoms with van der Waals surface area (Å²) in [4.78, 5) is 5.42. The van der Waals surface area contributed by atoms with Crippen LogP contribution in [0.5, 0.6) is 0 Å². The van der Waals surface area contributed by atoms with Gasteiger partial charge in [0.2, 0.25) is 0 Å². The summed E-state index contributed by atoms with van der Waals surface area (Å²) in [5, 5.41) is 4.29. The van der Waals surface area contributed by atoms with Crippen LogP contribution in [-0.2, 0) is 18.3 Å². The summed E-state index contributed by atoms with van der Waals surface area (Å²) >= 11 is 0. The lowest BCUT2D eigenvalue weighted by Gasteiger charge is -2.27. The fraction of sp³-hybridized carbons (Fsp3) is 0.812. The Morgan fingerprint density at radius 3 is 2.71 bits per heavy atom. The molecule has 5 nitrogen and oxygen atoms in total. The number of fused-ring (bicyclic) bond motifs is 1. The molecule has 0 radical (unpaired) electrons. The van der Waals surface area contributed by atoms with E-state index in [-0.39, 0.29) is 0 Å². The summed E-state index contributed by atoms with van der Waals surface area (Å²) < 4.78 is 7.44. The van der Waals surface area contributed by atoms with Crippen LogP contribution >= 0.6 is 0 Å². The quantitative estimate of drug-likeness (QED) is 0.832. The molecule has 3 saturated heterocycles. The average Bonchev–Trinajstić information content (AvgIpc) is 3.20. The van der Waals surface area contributed by atoms with E-state index in [9.17, 15) is 0 Å². The van der Waals surface area contributed by atoms with Gasteiger partial charge in [0.1, 0.15) is 0 Å². The molecule has 3 fully saturated rings. The molecule has 21 heavy (non-hydrogen) atoms. The van der Waals surface area contributed by atoms with Crippen LogP contribution in [0.4, 0.5) is 0 Å². The van der Waals surface area contributed by atoms with E-state index in [1.807, 2.05) is 17.9 Å². The van der Waals surface area contributed by atoms with Crippen molar-refractivity contribution in [2.45, 2.75) is 37.9 Å². The van der Waals surface area contributed by atoms with Crippen LogP contribution in [0.1, 0.15) is 24.8 Å². The Balaban J connectivity index is 1.36. The van der Waals surface area contributed by atoms with Gasteiger partial charge in [-0.2, -0.15) is 5.10 Å². The molecule has 0 spiro atoms. The summed E-state index contributed by atoms with van der Waals surface area (Å²) in [5.74, 6) is 0.774. The van der Waals surface area contributed by atoms with Crippen LogP contribution < -0.4 is 0 Å². The van der Waals surface area contributed by atoms with Gasteiger partial charge in [0.25, 0.3) is 0 Å². The molecule has 0 amide bonds. The van der Waals surface area contributed by atoms with Crippen molar-refractivity contribution in [1.82, 2.24) is 19.6 Å². The zero-order chi connectivity index (χ0) is 14.2. The predicted octanol–water partition coefficient (Wildman–Crippen LogP) is 1.11. The fourth-order valence-corrected chi connectivity index (χ4v) is 4.43. The van der Waals surface area contributed by atoms with Gasteiger partial charge in [0.15, 0.2) is 0 Å². The number of hydrogen-bond acceptors (Lipinski definition) is 4. The van der Waals surface area contributed by atoms with Crippen molar-refractivity contribution in [3.05, 3.63) is 18.0 Å². The molecule has 3 aliphatic heterocycles. The minimum Gasteiger partial charge on any atom is -0.381 e. The van der Waals surface area contributed by atoms with Gasteiger partial charge in [0.05, 0.1) is 12.8 Å². The van der Waals surface area contributed by atoms with Crippen LogP contribution in [0.15, 0.2) is 12.4 Å². The van der Waals surface area contributed by atoms with Crippen molar-refractivity contribution in [2.75, 3.05) is 32.8 Å². The van der Waals surface area contributed by atoms with E-state index in [0.29, 0.717) is 0 Å². The predicted molar refractivity (Wildman–Crippen MR) is 80.9 cm³/mol. The smallest absolute Gasteiger partial charge is 0.0534 e. The first-order chi connectivity index (χ1) is 10.3. The molecule has 0 aromatic carbocycles. The topological polar surface area (TPSA) is 33.5 Å². The first-order valence-electron chi connectivity index (χ1n) is 8.33. The van der Waals surface area contributed by atoms with Gasteiger partial charge < -0.3 is 4.74 Å². The van der Waals surface area contributed by atoms with Gasteiger partial charge in [-0.05, 0) is 25.2 Å². The van der Waals surface area contributed by atoms with Crippen molar-refractivity contribution in [3.8, 4) is 0 Å². The number of rotatable bonds is 4. The lowest BCUT2D eigenvalue weighted by atomic mass is 10.1. The number of nitrogens with zero attached hydrogens (tertiary/aromatic N) is 4. The van der Waals surface area contributed by atoms with Gasteiger partial charge in [-0.1, -0.05) is 0 Å². The summed E-state index contributed by atoms with van der Waals surface area (Å²) in [6.07, 6.45) is 8.08. The first kappa shape index (κ1) is 13.7. The average molecular weight is 290 g/mol. The first-order valence-corrected chi connectivity index (χ1v) is 8.33. The van der Waals surface area contributed by atoms with Gasteiger partial charge in [-0.3, -0.25) is 14.5 Å². The van der Waals surface area contributed by atoms with E-state index in [2.05, 4.69) is 21.1 Å². The highest BCUT2D eigenvalue weighted by Crippen LogP contribution is 2.33. The maximum atomic E-state index is 5.53. The number of aryl methyl sites for hydroxylation is 1. The SMILES string of the molecule is Cn1cc(CN2CC[C@@H]3[C@@H]2CCN3C[C@@H]2CCOC2)cn1. The highest BCUT2D eigenvalue weighted by Gasteiger charge is 2.42. The van der Waals surface area contributed by atoms with E-state index in [0.717, 1.165) is 37.8 Å². The lowest BCUT2D eigenvalue weighted by Crippen LogP contribution is -2.38. The molecule has 0 unspecified atom stereocenters. The van der Waals surface area contributed by atoms with Gasteiger partial charge in [-0.15, -0.1) is 0 Å². The lowest BCUT2D eigenvalue weighted by molar-refractivity contribution is 0.159. The second-order valence-corrected chi connectivity index (χ2v) is 6.93. The highest BCUT2D eigenvalue weighted by molar-refractivity contribution is 5.07. The zero-order valence-electron chi connectivity index (χ0n) is 12.9. The van der Waals surface area contributed by atoms with Crippen molar-refractivity contribution < 1.29 is 4.74 Å². The molecule has 1 aromatic rings. The summed E-state index contributed by atoms with van der Waals surface area (Å²) in [6, 6.07) is 1.54. The van der Waals surface area contributed by atoms with Crippen molar-refractivity contribution in [2.24, 2.45) is 13.0 Å². The van der Waals surface area contributed by atoms with Crippen LogP contribution in [0.25, 0.3) is 0 Å². The summed E-state index contributed by atoms with van der Waals surface area (Å²) in [6.45, 7) is 6.78. The van der Waals surface area contributed by atoms with E-state index in [1.54, 1.807) is 0 Å². The third-order valence-electron chi connectivity index (χ3n) is 5.47. The van der Waals surface area contributed by atoms with Gasteiger partial charge in [-0.25, -0.2) is 0 Å². The Kier molecular flexibility index (Phi) is 3.73. The molecule has 116 valence electrons. The van der Waals surface area contributed by atoms with Crippen molar-refractivity contribution in [3.63, 3.8) is 0 Å². The van der Waals surface area contributed by atoms with Crippen molar-refractivity contribution >= 4 is 0 Å². The minimum absolute atomic E-state index is 0.757. The summed E-state index contributed by atoms with van der Waals surface area (Å²) in [7, 11) is 2.00. The molecule has 3 atom stereocenters. The molecular weight excluding hydrogens is 264 g/mol. The monoisotopic (exact) mass is 290 g/mol. The molecule has 0 saturated carbocycles. The van der Waals surface area contributed by atoms with Crippen LogP contribution in [0.2, 0.25) is 0 Å². The largest absolute Gasteiger partial charge is 0.381 e. The van der Waals surface area contributed by atoms with Crippen LogP contribution in [-0.4, -0.2) is 64.5 Å². The maximum absolute atomic E-state index is 5.53. The summed E-state index contributed by atoms with van der Waals surface area (Å²) in [5.41, 5.74) is 1.35. The number of ether oxygens (including phenoxy) is 1. The molecule has 0 N–H and O–H groups in total. The third-order valence-corrected chi connectivity index (χ3v) is 5.47. The molecule has 4 rings (SSSR count). The number of aromatic nitrogens is 2. The molecule has 4 heterocycles. The molecule has 3 aliphatic rings.